The molecule has 0 spiro atoms. The smallest absolute Gasteiger partial charge is 0.147 e. The first kappa shape index (κ1) is 12.9. The molecule has 1 aromatic carbocycles. The molecule has 2 rings (SSSR count). The molecule has 3 heteroatoms. The van der Waals surface area contributed by atoms with Crippen LogP contribution in [0.15, 0.2) is 18.2 Å². The van der Waals surface area contributed by atoms with Gasteiger partial charge in [-0.15, -0.1) is 0 Å². The maximum absolute atomic E-state index is 13.8. The molecule has 0 bridgehead atoms. The minimum absolute atomic E-state index is 0.193. The van der Waals surface area contributed by atoms with Gasteiger partial charge in [0, 0.05) is 6.04 Å². The molecular formula is C15H19FN2. The van der Waals surface area contributed by atoms with Gasteiger partial charge >= 0.3 is 0 Å². The van der Waals surface area contributed by atoms with Crippen molar-refractivity contribution in [3.8, 4) is 6.07 Å². The predicted octanol–water partition coefficient (Wildman–Crippen LogP) is 4.08. The van der Waals surface area contributed by atoms with Crippen LogP contribution in [0.2, 0.25) is 0 Å². The third-order valence-electron chi connectivity index (χ3n) is 3.94. The molecule has 1 fully saturated rings. The van der Waals surface area contributed by atoms with E-state index in [2.05, 4.69) is 19.2 Å². The van der Waals surface area contributed by atoms with Crippen LogP contribution in [0.3, 0.4) is 0 Å². The van der Waals surface area contributed by atoms with E-state index in [1.54, 1.807) is 12.1 Å². The van der Waals surface area contributed by atoms with E-state index < -0.39 is 0 Å². The Morgan fingerprint density at radius 3 is 2.78 bits per heavy atom. The van der Waals surface area contributed by atoms with Crippen LogP contribution in [0.1, 0.15) is 45.1 Å². The maximum Gasteiger partial charge on any atom is 0.147 e. The standard InChI is InChI=1S/C15H19FN2/c1-15(2)8-4-3-5-14(15)18-13-7-6-11(10-17)9-12(13)16/h6-7,9,14,18H,3-5,8H2,1-2H3. The Labute approximate surface area is 108 Å². The summed E-state index contributed by atoms with van der Waals surface area (Å²) in [6.45, 7) is 4.46. The van der Waals surface area contributed by atoms with Gasteiger partial charge in [-0.1, -0.05) is 26.7 Å². The summed E-state index contributed by atoms with van der Waals surface area (Å²) in [6, 6.07) is 6.86. The number of nitrogens with zero attached hydrogens (tertiary/aromatic N) is 1. The number of benzene rings is 1. The summed E-state index contributed by atoms with van der Waals surface area (Å²) in [5.41, 5.74) is 1.06. The molecule has 1 N–H and O–H groups in total. The molecule has 18 heavy (non-hydrogen) atoms. The van der Waals surface area contributed by atoms with Crippen molar-refractivity contribution in [2.45, 2.75) is 45.6 Å². The monoisotopic (exact) mass is 246 g/mol. The fourth-order valence-electron chi connectivity index (χ4n) is 2.65. The van der Waals surface area contributed by atoms with Crippen LogP contribution in [-0.4, -0.2) is 6.04 Å². The molecule has 0 aliphatic heterocycles. The van der Waals surface area contributed by atoms with Crippen LogP contribution in [0, 0.1) is 22.6 Å². The van der Waals surface area contributed by atoms with Crippen LogP contribution < -0.4 is 5.32 Å². The second kappa shape index (κ2) is 4.97. The highest BCUT2D eigenvalue weighted by Crippen LogP contribution is 2.37. The molecule has 1 aromatic rings. The first-order valence-electron chi connectivity index (χ1n) is 6.49. The lowest BCUT2D eigenvalue weighted by atomic mass is 9.73. The lowest BCUT2D eigenvalue weighted by Crippen LogP contribution is -2.39. The molecule has 0 aromatic heterocycles. The summed E-state index contributed by atoms with van der Waals surface area (Å²) in [5.74, 6) is -0.338. The minimum Gasteiger partial charge on any atom is -0.379 e. The summed E-state index contributed by atoms with van der Waals surface area (Å²) in [6.07, 6.45) is 4.69. The van der Waals surface area contributed by atoms with Gasteiger partial charge in [-0.05, 0) is 36.5 Å². The molecule has 1 unspecified atom stereocenters. The highest BCUT2D eigenvalue weighted by molar-refractivity contribution is 5.49. The molecule has 1 atom stereocenters. The van der Waals surface area contributed by atoms with Gasteiger partial charge in [-0.25, -0.2) is 4.39 Å². The van der Waals surface area contributed by atoms with Gasteiger partial charge in [0.1, 0.15) is 5.82 Å². The van der Waals surface area contributed by atoms with E-state index in [4.69, 9.17) is 5.26 Å². The average molecular weight is 246 g/mol. The van der Waals surface area contributed by atoms with Gasteiger partial charge in [0.15, 0.2) is 0 Å². The van der Waals surface area contributed by atoms with Gasteiger partial charge in [0.2, 0.25) is 0 Å². The summed E-state index contributed by atoms with van der Waals surface area (Å²) in [4.78, 5) is 0. The Kier molecular flexibility index (Phi) is 3.56. The van der Waals surface area contributed by atoms with Crippen molar-refractivity contribution in [2.75, 3.05) is 5.32 Å². The van der Waals surface area contributed by atoms with Crippen molar-refractivity contribution in [3.63, 3.8) is 0 Å². The zero-order valence-electron chi connectivity index (χ0n) is 11.0. The Morgan fingerprint density at radius 2 is 2.17 bits per heavy atom. The highest BCUT2D eigenvalue weighted by Gasteiger charge is 2.32. The molecule has 0 amide bonds. The van der Waals surface area contributed by atoms with Crippen LogP contribution in [-0.2, 0) is 0 Å². The third kappa shape index (κ3) is 2.64. The lowest BCUT2D eigenvalue weighted by molar-refractivity contribution is 0.216. The van der Waals surface area contributed by atoms with Crippen molar-refractivity contribution in [3.05, 3.63) is 29.6 Å². The van der Waals surface area contributed by atoms with Crippen molar-refractivity contribution in [1.29, 1.82) is 5.26 Å². The van der Waals surface area contributed by atoms with Crippen LogP contribution in [0.5, 0.6) is 0 Å². The van der Waals surface area contributed by atoms with E-state index in [1.807, 2.05) is 6.07 Å². The lowest BCUT2D eigenvalue weighted by Gasteiger charge is -2.39. The van der Waals surface area contributed by atoms with Gasteiger partial charge in [-0.2, -0.15) is 5.26 Å². The van der Waals surface area contributed by atoms with Crippen molar-refractivity contribution < 1.29 is 4.39 Å². The number of anilines is 1. The number of rotatable bonds is 2. The summed E-state index contributed by atoms with van der Waals surface area (Å²) >= 11 is 0. The maximum atomic E-state index is 13.8. The minimum atomic E-state index is -0.338. The van der Waals surface area contributed by atoms with Crippen LogP contribution >= 0.6 is 0 Å². The highest BCUT2D eigenvalue weighted by atomic mass is 19.1. The second-order valence-corrected chi connectivity index (χ2v) is 5.74. The molecular weight excluding hydrogens is 227 g/mol. The van der Waals surface area contributed by atoms with E-state index in [-0.39, 0.29) is 11.2 Å². The molecule has 1 aliphatic carbocycles. The van der Waals surface area contributed by atoms with E-state index >= 15 is 0 Å². The fourth-order valence-corrected chi connectivity index (χ4v) is 2.65. The Bertz CT molecular complexity index is 474. The number of hydrogen-bond acceptors (Lipinski definition) is 2. The summed E-state index contributed by atoms with van der Waals surface area (Å²) < 4.78 is 13.8. The molecule has 96 valence electrons. The second-order valence-electron chi connectivity index (χ2n) is 5.74. The molecule has 2 nitrogen and oxygen atoms in total. The molecule has 0 heterocycles. The van der Waals surface area contributed by atoms with Crippen LogP contribution in [0.25, 0.3) is 0 Å². The van der Waals surface area contributed by atoms with E-state index in [0.717, 1.165) is 6.42 Å². The van der Waals surface area contributed by atoms with Crippen LogP contribution in [0.4, 0.5) is 10.1 Å². The van der Waals surface area contributed by atoms with E-state index in [1.165, 1.54) is 25.3 Å². The van der Waals surface area contributed by atoms with Gasteiger partial charge < -0.3 is 5.32 Å². The molecule has 0 saturated heterocycles. The predicted molar refractivity (Wildman–Crippen MR) is 70.8 cm³/mol. The zero-order chi connectivity index (χ0) is 13.2. The zero-order valence-corrected chi connectivity index (χ0v) is 11.0. The normalized spacial score (nSPS) is 22.2. The average Bonchev–Trinajstić information content (AvgIpc) is 2.33. The number of nitrogens with one attached hydrogen (secondary N) is 1. The number of nitriles is 1. The van der Waals surface area contributed by atoms with Crippen molar-refractivity contribution >= 4 is 5.69 Å². The number of hydrogen-bond donors (Lipinski definition) is 1. The quantitative estimate of drug-likeness (QED) is 0.853. The first-order valence-corrected chi connectivity index (χ1v) is 6.49. The van der Waals surface area contributed by atoms with Crippen molar-refractivity contribution in [2.24, 2.45) is 5.41 Å². The SMILES string of the molecule is CC1(C)CCCCC1Nc1ccc(C#N)cc1F. The van der Waals surface area contributed by atoms with Crippen molar-refractivity contribution in [1.82, 2.24) is 0 Å². The topological polar surface area (TPSA) is 35.8 Å². The molecule has 1 saturated carbocycles. The Balaban J connectivity index is 2.16. The van der Waals surface area contributed by atoms with Gasteiger partial charge in [0.25, 0.3) is 0 Å². The van der Waals surface area contributed by atoms with Gasteiger partial charge in [-0.3, -0.25) is 0 Å². The fraction of sp³-hybridized carbons (Fsp3) is 0.533. The van der Waals surface area contributed by atoms with E-state index in [9.17, 15) is 4.39 Å². The molecule has 1 aliphatic rings. The molecule has 0 radical (unpaired) electrons. The first-order chi connectivity index (χ1) is 8.53. The largest absolute Gasteiger partial charge is 0.379 e. The van der Waals surface area contributed by atoms with Gasteiger partial charge in [0.05, 0.1) is 17.3 Å². The van der Waals surface area contributed by atoms with E-state index in [0.29, 0.717) is 17.3 Å². The Hall–Kier alpha value is -1.56. The summed E-state index contributed by atoms with van der Waals surface area (Å²) in [7, 11) is 0. The Morgan fingerprint density at radius 1 is 1.39 bits per heavy atom. The number of halogens is 1. The third-order valence-corrected chi connectivity index (χ3v) is 3.94. The summed E-state index contributed by atoms with van der Waals surface area (Å²) in [5, 5.41) is 12.0.